The van der Waals surface area contributed by atoms with Crippen LogP contribution in [0.1, 0.15) is 40.1 Å². The minimum absolute atomic E-state index is 0.0216. The zero-order chi connectivity index (χ0) is 15.4. The highest BCUT2D eigenvalue weighted by Crippen LogP contribution is 2.17. The summed E-state index contributed by atoms with van der Waals surface area (Å²) < 4.78 is 0.907. The molecule has 108 valence electrons. The normalized spacial score (nSPS) is 10.5. The second-order valence-electron chi connectivity index (χ2n) is 5.01. The summed E-state index contributed by atoms with van der Waals surface area (Å²) in [7, 11) is 0. The molecule has 4 heteroatoms. The van der Waals surface area contributed by atoms with Gasteiger partial charge in [-0.15, -0.1) is 0 Å². The molecule has 21 heavy (non-hydrogen) atoms. The summed E-state index contributed by atoms with van der Waals surface area (Å²) in [6.45, 7) is 3.77. The quantitative estimate of drug-likeness (QED) is 0.856. The minimum Gasteiger partial charge on any atom is -0.350 e. The van der Waals surface area contributed by atoms with Gasteiger partial charge in [-0.3, -0.25) is 9.59 Å². The Morgan fingerprint density at radius 1 is 0.952 bits per heavy atom. The first kappa shape index (κ1) is 15.4. The van der Waals surface area contributed by atoms with Gasteiger partial charge in [0.15, 0.2) is 5.78 Å². The minimum atomic E-state index is -0.230. The summed E-state index contributed by atoms with van der Waals surface area (Å²) in [6, 6.07) is 14.0. The van der Waals surface area contributed by atoms with Crippen LogP contribution in [0, 0.1) is 0 Å². The third kappa shape index (κ3) is 3.79. The number of halogens is 1. The number of nitrogens with one attached hydrogen (secondary N) is 1. The molecule has 0 atom stereocenters. The molecule has 0 heterocycles. The van der Waals surface area contributed by atoms with Gasteiger partial charge < -0.3 is 5.32 Å². The molecule has 3 nitrogen and oxygen atoms in total. The molecule has 2 aromatic rings. The number of hydrogen-bond acceptors (Lipinski definition) is 2. The zero-order valence-corrected chi connectivity index (χ0v) is 13.5. The van der Waals surface area contributed by atoms with Crippen LogP contribution in [0.15, 0.2) is 53.0 Å². The van der Waals surface area contributed by atoms with Gasteiger partial charge in [-0.25, -0.2) is 0 Å². The highest BCUT2D eigenvalue weighted by Gasteiger charge is 2.18. The van der Waals surface area contributed by atoms with Crippen molar-refractivity contribution in [2.45, 2.75) is 19.9 Å². The predicted molar refractivity (Wildman–Crippen MR) is 86.6 cm³/mol. The van der Waals surface area contributed by atoms with Crippen LogP contribution < -0.4 is 5.32 Å². The Morgan fingerprint density at radius 2 is 1.52 bits per heavy atom. The van der Waals surface area contributed by atoms with E-state index in [-0.39, 0.29) is 17.7 Å². The number of rotatable bonds is 4. The maximum Gasteiger partial charge on any atom is 0.252 e. The van der Waals surface area contributed by atoms with Crippen LogP contribution in [0.3, 0.4) is 0 Å². The summed E-state index contributed by atoms with van der Waals surface area (Å²) in [6.07, 6.45) is 0. The van der Waals surface area contributed by atoms with Gasteiger partial charge in [0.2, 0.25) is 0 Å². The molecule has 0 unspecified atom stereocenters. The van der Waals surface area contributed by atoms with Crippen LogP contribution in [-0.2, 0) is 0 Å². The van der Waals surface area contributed by atoms with E-state index in [4.69, 9.17) is 0 Å². The van der Waals surface area contributed by atoms with Crippen LogP contribution in [0.25, 0.3) is 0 Å². The molecule has 2 aromatic carbocycles. The maximum absolute atomic E-state index is 12.6. The van der Waals surface area contributed by atoms with Crippen molar-refractivity contribution in [3.63, 3.8) is 0 Å². The molecule has 1 amide bonds. The smallest absolute Gasteiger partial charge is 0.252 e. The standard InChI is InChI=1S/C17H16BrNO2/c1-11(2)19-17(21)15-6-4-3-5-14(15)16(20)12-7-9-13(18)10-8-12/h3-11H,1-2H3,(H,19,21). The zero-order valence-electron chi connectivity index (χ0n) is 11.9. The molecule has 0 bridgehead atoms. The fourth-order valence-corrected chi connectivity index (χ4v) is 2.24. The summed E-state index contributed by atoms with van der Waals surface area (Å²) in [4.78, 5) is 24.8. The molecule has 0 radical (unpaired) electrons. The van der Waals surface area contributed by atoms with E-state index in [9.17, 15) is 9.59 Å². The number of amides is 1. The van der Waals surface area contributed by atoms with Gasteiger partial charge in [0, 0.05) is 21.6 Å². The van der Waals surface area contributed by atoms with E-state index in [1.54, 1.807) is 36.4 Å². The number of carbonyl (C=O) groups excluding carboxylic acids is 2. The number of carbonyl (C=O) groups is 2. The second-order valence-corrected chi connectivity index (χ2v) is 5.93. The lowest BCUT2D eigenvalue weighted by Crippen LogP contribution is -2.31. The van der Waals surface area contributed by atoms with Gasteiger partial charge in [-0.05, 0) is 44.2 Å². The average molecular weight is 346 g/mol. The lowest BCUT2D eigenvalue weighted by molar-refractivity contribution is 0.0932. The van der Waals surface area contributed by atoms with Gasteiger partial charge in [-0.1, -0.05) is 34.1 Å². The van der Waals surface area contributed by atoms with Crippen LogP contribution in [-0.4, -0.2) is 17.7 Å². The van der Waals surface area contributed by atoms with E-state index in [0.29, 0.717) is 16.7 Å². The van der Waals surface area contributed by atoms with Crippen molar-refractivity contribution in [3.05, 3.63) is 69.7 Å². The molecule has 0 spiro atoms. The van der Waals surface area contributed by atoms with E-state index >= 15 is 0 Å². The number of hydrogen-bond donors (Lipinski definition) is 1. The fraction of sp³-hybridized carbons (Fsp3) is 0.176. The summed E-state index contributed by atoms with van der Waals surface area (Å²) in [5, 5.41) is 2.82. The molecule has 1 N–H and O–H groups in total. The molecular formula is C17H16BrNO2. The Morgan fingerprint density at radius 3 is 2.10 bits per heavy atom. The van der Waals surface area contributed by atoms with E-state index in [1.807, 2.05) is 26.0 Å². The van der Waals surface area contributed by atoms with E-state index in [1.165, 1.54) is 0 Å². The van der Waals surface area contributed by atoms with E-state index in [2.05, 4.69) is 21.2 Å². The molecule has 0 aliphatic rings. The molecule has 0 aliphatic carbocycles. The van der Waals surface area contributed by atoms with Crippen molar-refractivity contribution < 1.29 is 9.59 Å². The SMILES string of the molecule is CC(C)NC(=O)c1ccccc1C(=O)c1ccc(Br)cc1. The third-order valence-corrected chi connectivity index (χ3v) is 3.47. The van der Waals surface area contributed by atoms with E-state index in [0.717, 1.165) is 4.47 Å². The van der Waals surface area contributed by atoms with Gasteiger partial charge in [0.1, 0.15) is 0 Å². The highest BCUT2D eigenvalue weighted by molar-refractivity contribution is 9.10. The highest BCUT2D eigenvalue weighted by atomic mass is 79.9. The first-order chi connectivity index (χ1) is 9.99. The van der Waals surface area contributed by atoms with Crippen molar-refractivity contribution in [1.29, 1.82) is 0 Å². The second kappa shape index (κ2) is 6.68. The Kier molecular flexibility index (Phi) is 4.91. The number of benzene rings is 2. The topological polar surface area (TPSA) is 46.2 Å². The predicted octanol–water partition coefficient (Wildman–Crippen LogP) is 3.82. The lowest BCUT2D eigenvalue weighted by atomic mass is 9.98. The molecule has 0 saturated heterocycles. The summed E-state index contributed by atoms with van der Waals surface area (Å²) in [5.74, 6) is -0.386. The molecule has 0 aliphatic heterocycles. The van der Waals surface area contributed by atoms with Crippen molar-refractivity contribution in [2.75, 3.05) is 0 Å². The van der Waals surface area contributed by atoms with Gasteiger partial charge >= 0.3 is 0 Å². The Balaban J connectivity index is 2.37. The largest absolute Gasteiger partial charge is 0.350 e. The summed E-state index contributed by atoms with van der Waals surface area (Å²) in [5.41, 5.74) is 1.38. The van der Waals surface area contributed by atoms with Crippen LogP contribution in [0.2, 0.25) is 0 Å². The monoisotopic (exact) mass is 345 g/mol. The molecule has 2 rings (SSSR count). The van der Waals surface area contributed by atoms with Crippen LogP contribution in [0.4, 0.5) is 0 Å². The average Bonchev–Trinajstić information content (AvgIpc) is 2.46. The molecule has 0 saturated carbocycles. The van der Waals surface area contributed by atoms with Gasteiger partial charge in [0.05, 0.1) is 5.56 Å². The molecule has 0 aromatic heterocycles. The summed E-state index contributed by atoms with van der Waals surface area (Å²) >= 11 is 3.34. The van der Waals surface area contributed by atoms with Crippen molar-refractivity contribution in [2.24, 2.45) is 0 Å². The Bertz CT molecular complexity index is 663. The Labute approximate surface area is 132 Å². The first-order valence-corrected chi connectivity index (χ1v) is 7.48. The van der Waals surface area contributed by atoms with Crippen molar-refractivity contribution in [1.82, 2.24) is 5.32 Å². The first-order valence-electron chi connectivity index (χ1n) is 6.69. The van der Waals surface area contributed by atoms with Crippen LogP contribution >= 0.6 is 15.9 Å². The fourth-order valence-electron chi connectivity index (χ4n) is 1.98. The van der Waals surface area contributed by atoms with Gasteiger partial charge in [-0.2, -0.15) is 0 Å². The third-order valence-electron chi connectivity index (χ3n) is 2.94. The van der Waals surface area contributed by atoms with Gasteiger partial charge in [0.25, 0.3) is 5.91 Å². The van der Waals surface area contributed by atoms with E-state index < -0.39 is 0 Å². The maximum atomic E-state index is 12.6. The molecular weight excluding hydrogens is 330 g/mol. The van der Waals surface area contributed by atoms with Crippen LogP contribution in [0.5, 0.6) is 0 Å². The lowest BCUT2D eigenvalue weighted by Gasteiger charge is -2.11. The number of ketones is 1. The van der Waals surface area contributed by atoms with Crippen molar-refractivity contribution >= 4 is 27.6 Å². The Hall–Kier alpha value is -1.94. The molecule has 0 fully saturated rings. The van der Waals surface area contributed by atoms with Crippen molar-refractivity contribution in [3.8, 4) is 0 Å².